The van der Waals surface area contributed by atoms with E-state index in [1.165, 1.54) is 16.2 Å². The summed E-state index contributed by atoms with van der Waals surface area (Å²) in [5.41, 5.74) is -0.598. The maximum absolute atomic E-state index is 12.4. The maximum Gasteiger partial charge on any atom is 0.328 e. The number of halogens is 1. The van der Waals surface area contributed by atoms with Gasteiger partial charge in [0.25, 0.3) is 5.91 Å². The Balaban J connectivity index is 1.89. The topological polar surface area (TPSA) is 66.4 Å². The van der Waals surface area contributed by atoms with Crippen LogP contribution in [0.3, 0.4) is 0 Å². The van der Waals surface area contributed by atoms with E-state index >= 15 is 0 Å². The minimum Gasteiger partial charge on any atom is -0.303 e. The molecule has 19 heavy (non-hydrogen) atoms. The van der Waals surface area contributed by atoms with E-state index in [4.69, 9.17) is 0 Å². The number of hydrogen-bond donors (Lipinski definition) is 0. The van der Waals surface area contributed by atoms with Gasteiger partial charge in [0.1, 0.15) is 10.5 Å². The van der Waals surface area contributed by atoms with Crippen molar-refractivity contribution in [2.75, 3.05) is 0 Å². The molecule has 1 aliphatic carbocycles. The molecule has 0 radical (unpaired) electrons. The standard InChI is InChI=1S/C11H13BrN4O2S/c1-6(2)16-8(17)11(3-4-11)15(10(16)18)5-7-13-14-9(12)19-7/h6H,3-5H2,1-2H3. The minimum absolute atomic E-state index is 0.0592. The highest BCUT2D eigenvalue weighted by atomic mass is 79.9. The first-order valence-electron chi connectivity index (χ1n) is 6.09. The predicted molar refractivity (Wildman–Crippen MR) is 72.5 cm³/mol. The van der Waals surface area contributed by atoms with Crippen molar-refractivity contribution in [3.8, 4) is 0 Å². The van der Waals surface area contributed by atoms with Gasteiger partial charge >= 0.3 is 6.03 Å². The van der Waals surface area contributed by atoms with Gasteiger partial charge in [0, 0.05) is 6.04 Å². The summed E-state index contributed by atoms with van der Waals surface area (Å²) < 4.78 is 0.686. The summed E-state index contributed by atoms with van der Waals surface area (Å²) in [6.07, 6.45) is 1.50. The molecule has 6 nitrogen and oxygen atoms in total. The molecule has 1 aromatic heterocycles. The fourth-order valence-corrected chi connectivity index (χ4v) is 3.64. The summed E-state index contributed by atoms with van der Waals surface area (Å²) in [6.45, 7) is 4.07. The van der Waals surface area contributed by atoms with Crippen LogP contribution in [-0.4, -0.2) is 43.5 Å². The van der Waals surface area contributed by atoms with Crippen molar-refractivity contribution in [2.24, 2.45) is 0 Å². The van der Waals surface area contributed by atoms with Gasteiger partial charge in [-0.2, -0.15) is 0 Å². The van der Waals surface area contributed by atoms with E-state index in [1.54, 1.807) is 4.90 Å². The van der Waals surface area contributed by atoms with E-state index in [9.17, 15) is 9.59 Å². The number of amides is 3. The lowest BCUT2D eigenvalue weighted by atomic mass is 10.2. The predicted octanol–water partition coefficient (Wildman–Crippen LogP) is 2.01. The summed E-state index contributed by atoms with van der Waals surface area (Å²) in [5, 5.41) is 8.61. The lowest BCUT2D eigenvalue weighted by Gasteiger charge is -2.20. The molecule has 3 amide bonds. The van der Waals surface area contributed by atoms with Crippen molar-refractivity contribution in [2.45, 2.75) is 44.8 Å². The molecular formula is C11H13BrN4O2S. The molecule has 3 rings (SSSR count). The molecular weight excluding hydrogens is 332 g/mol. The fraction of sp³-hybridized carbons (Fsp3) is 0.636. The molecule has 0 aromatic carbocycles. The second kappa shape index (κ2) is 4.24. The number of rotatable bonds is 3. The number of hydrogen-bond acceptors (Lipinski definition) is 5. The summed E-state index contributed by atoms with van der Waals surface area (Å²) in [5.74, 6) is -0.0592. The van der Waals surface area contributed by atoms with Gasteiger partial charge in [-0.3, -0.25) is 9.69 Å². The van der Waals surface area contributed by atoms with Crippen LogP contribution in [0.15, 0.2) is 3.92 Å². The number of carbonyl (C=O) groups is 2. The molecule has 1 aromatic rings. The van der Waals surface area contributed by atoms with Crippen LogP contribution < -0.4 is 0 Å². The Labute approximate surface area is 122 Å². The Morgan fingerprint density at radius 3 is 2.53 bits per heavy atom. The second-order valence-corrected chi connectivity index (χ2v) is 7.46. The first-order valence-corrected chi connectivity index (χ1v) is 7.70. The van der Waals surface area contributed by atoms with E-state index in [0.29, 0.717) is 10.5 Å². The van der Waals surface area contributed by atoms with E-state index < -0.39 is 5.54 Å². The Kier molecular flexibility index (Phi) is 2.90. The Morgan fingerprint density at radius 2 is 2.05 bits per heavy atom. The van der Waals surface area contributed by atoms with E-state index in [1.807, 2.05) is 13.8 Å². The molecule has 0 unspecified atom stereocenters. The average Bonchev–Trinajstić information content (AvgIpc) is 2.99. The highest BCUT2D eigenvalue weighted by molar-refractivity contribution is 9.11. The van der Waals surface area contributed by atoms with Crippen LogP contribution in [0.2, 0.25) is 0 Å². The van der Waals surface area contributed by atoms with Gasteiger partial charge in [0.2, 0.25) is 0 Å². The molecule has 102 valence electrons. The number of imide groups is 1. The molecule has 1 aliphatic heterocycles. The largest absolute Gasteiger partial charge is 0.328 e. The zero-order valence-corrected chi connectivity index (χ0v) is 13.0. The summed E-state index contributed by atoms with van der Waals surface area (Å²) in [4.78, 5) is 27.8. The maximum atomic E-state index is 12.4. The van der Waals surface area contributed by atoms with Crippen LogP contribution in [0.4, 0.5) is 4.79 Å². The molecule has 0 bridgehead atoms. The van der Waals surface area contributed by atoms with Crippen molar-refractivity contribution in [1.29, 1.82) is 0 Å². The van der Waals surface area contributed by atoms with Crippen molar-refractivity contribution < 1.29 is 9.59 Å². The fourth-order valence-electron chi connectivity index (χ4n) is 2.45. The third-order valence-electron chi connectivity index (χ3n) is 3.55. The lowest BCUT2D eigenvalue weighted by molar-refractivity contribution is -0.130. The average molecular weight is 345 g/mol. The molecule has 8 heteroatoms. The molecule has 1 spiro atoms. The Morgan fingerprint density at radius 1 is 1.37 bits per heavy atom. The summed E-state index contributed by atoms with van der Waals surface area (Å²) >= 11 is 4.64. The Bertz CT molecular complexity index is 555. The second-order valence-electron chi connectivity index (χ2n) is 5.12. The highest BCUT2D eigenvalue weighted by Crippen LogP contribution is 2.49. The molecule has 2 fully saturated rings. The number of carbonyl (C=O) groups excluding carboxylic acids is 2. The van der Waals surface area contributed by atoms with Gasteiger partial charge in [-0.1, -0.05) is 11.3 Å². The quantitative estimate of drug-likeness (QED) is 0.786. The molecule has 0 N–H and O–H groups in total. The third kappa shape index (κ3) is 1.88. The van der Waals surface area contributed by atoms with Crippen LogP contribution in [0.1, 0.15) is 31.7 Å². The van der Waals surface area contributed by atoms with Crippen LogP contribution >= 0.6 is 27.3 Å². The molecule has 1 saturated heterocycles. The molecule has 0 atom stereocenters. The van der Waals surface area contributed by atoms with Crippen LogP contribution in [-0.2, 0) is 11.3 Å². The molecule has 2 aliphatic rings. The zero-order valence-electron chi connectivity index (χ0n) is 10.6. The van der Waals surface area contributed by atoms with Crippen LogP contribution in [0.5, 0.6) is 0 Å². The van der Waals surface area contributed by atoms with E-state index in [2.05, 4.69) is 26.1 Å². The van der Waals surface area contributed by atoms with Gasteiger partial charge in [-0.05, 0) is 42.6 Å². The number of nitrogens with zero attached hydrogens (tertiary/aromatic N) is 4. The van der Waals surface area contributed by atoms with Crippen molar-refractivity contribution >= 4 is 39.2 Å². The smallest absolute Gasteiger partial charge is 0.303 e. The van der Waals surface area contributed by atoms with E-state index in [0.717, 1.165) is 17.8 Å². The van der Waals surface area contributed by atoms with Gasteiger partial charge in [0.05, 0.1) is 6.54 Å². The summed E-state index contributed by atoms with van der Waals surface area (Å²) in [7, 11) is 0. The minimum atomic E-state index is -0.598. The first-order chi connectivity index (χ1) is 8.95. The van der Waals surface area contributed by atoms with Crippen molar-refractivity contribution in [1.82, 2.24) is 20.0 Å². The van der Waals surface area contributed by atoms with Crippen molar-refractivity contribution in [3.05, 3.63) is 8.92 Å². The van der Waals surface area contributed by atoms with E-state index in [-0.39, 0.29) is 18.0 Å². The lowest BCUT2D eigenvalue weighted by Crippen LogP contribution is -2.37. The van der Waals surface area contributed by atoms with Gasteiger partial charge in [0.15, 0.2) is 3.92 Å². The number of urea groups is 1. The monoisotopic (exact) mass is 344 g/mol. The highest BCUT2D eigenvalue weighted by Gasteiger charge is 2.65. The normalized spacial score (nSPS) is 21.1. The Hall–Kier alpha value is -1.02. The SMILES string of the molecule is CC(C)N1C(=O)N(Cc2nnc(Br)s2)C2(CC2)C1=O. The van der Waals surface area contributed by atoms with Gasteiger partial charge in [-0.15, -0.1) is 10.2 Å². The van der Waals surface area contributed by atoms with Gasteiger partial charge < -0.3 is 4.90 Å². The molecule has 2 heterocycles. The van der Waals surface area contributed by atoms with Crippen molar-refractivity contribution in [3.63, 3.8) is 0 Å². The summed E-state index contributed by atoms with van der Waals surface area (Å²) in [6, 6.07) is -0.313. The third-order valence-corrected chi connectivity index (χ3v) is 4.89. The number of aromatic nitrogens is 2. The molecule has 1 saturated carbocycles. The van der Waals surface area contributed by atoms with Crippen LogP contribution in [0, 0.1) is 0 Å². The van der Waals surface area contributed by atoms with Gasteiger partial charge in [-0.25, -0.2) is 4.79 Å². The first kappa shape index (κ1) is 13.0. The van der Waals surface area contributed by atoms with Crippen LogP contribution in [0.25, 0.3) is 0 Å². The zero-order chi connectivity index (χ0) is 13.8.